The van der Waals surface area contributed by atoms with Gasteiger partial charge in [-0.3, -0.25) is 0 Å². The molecule has 0 bridgehead atoms. The van der Waals surface area contributed by atoms with Gasteiger partial charge < -0.3 is 33.4 Å². The molecule has 0 fully saturated rings. The minimum Gasteiger partial charge on any atom is -0.385 e. The summed E-state index contributed by atoms with van der Waals surface area (Å²) in [5.41, 5.74) is 4.71. The van der Waals surface area contributed by atoms with E-state index < -0.39 is 0 Å². The zero-order valence-electron chi connectivity index (χ0n) is 14.7. The SMILES string of the molecule is NC(=S)S.[CH2-]CCC.[CH2-]CCC.[CH2-]CCC.[CH2-]CCC.[Ni]. The Balaban J connectivity index is -0.0000000331. The summed E-state index contributed by atoms with van der Waals surface area (Å²) in [5, 5.41) is 0. The number of unbranched alkanes of at least 4 members (excludes halogenated alkanes) is 4. The molecule has 0 aliphatic heterocycles. The molecule has 0 atom stereocenters. The molecular formula is C17H39NNiS2-4. The third kappa shape index (κ3) is 325. The summed E-state index contributed by atoms with van der Waals surface area (Å²) >= 11 is 7.65. The largest absolute Gasteiger partial charge is 0.385 e. The van der Waals surface area contributed by atoms with E-state index in [-0.39, 0.29) is 20.8 Å². The maximum absolute atomic E-state index is 4.71. The number of rotatable bonds is 4. The van der Waals surface area contributed by atoms with Crippen LogP contribution in [0.25, 0.3) is 0 Å². The number of hydrogen-bond acceptors (Lipinski definition) is 1. The molecule has 0 unspecified atom stereocenters. The summed E-state index contributed by atoms with van der Waals surface area (Å²) in [7, 11) is 0. The molecule has 0 aliphatic rings. The van der Waals surface area contributed by atoms with E-state index in [4.69, 9.17) is 5.73 Å². The average molecular weight is 380 g/mol. The van der Waals surface area contributed by atoms with Crippen molar-refractivity contribution < 1.29 is 16.5 Å². The van der Waals surface area contributed by atoms with Crippen LogP contribution in [0.3, 0.4) is 0 Å². The first-order chi connectivity index (χ1) is 9.39. The van der Waals surface area contributed by atoms with Gasteiger partial charge in [0.1, 0.15) is 4.32 Å². The first-order valence-corrected chi connectivity index (χ1v) is 8.40. The Labute approximate surface area is 158 Å². The monoisotopic (exact) mass is 379 g/mol. The van der Waals surface area contributed by atoms with Crippen molar-refractivity contribution in [2.24, 2.45) is 5.73 Å². The topological polar surface area (TPSA) is 26.0 Å². The Kier molecular flexibility index (Phi) is 105. The second-order valence-corrected chi connectivity index (χ2v) is 4.98. The van der Waals surface area contributed by atoms with E-state index in [1.807, 2.05) is 0 Å². The maximum atomic E-state index is 4.71. The number of hydrogen-bond donors (Lipinski definition) is 2. The van der Waals surface area contributed by atoms with Crippen LogP contribution < -0.4 is 5.73 Å². The van der Waals surface area contributed by atoms with Crippen molar-refractivity contribution in [3.05, 3.63) is 27.7 Å². The maximum Gasteiger partial charge on any atom is 0.128 e. The molecule has 0 aromatic carbocycles. The summed E-state index contributed by atoms with van der Waals surface area (Å²) in [4.78, 5) is 0. The number of nitrogens with two attached hydrogens (primary N) is 1. The van der Waals surface area contributed by atoms with Crippen LogP contribution in [-0.4, -0.2) is 4.32 Å². The molecule has 0 aliphatic carbocycles. The molecular weight excluding hydrogens is 341 g/mol. The van der Waals surface area contributed by atoms with E-state index in [1.165, 1.54) is 25.7 Å². The molecule has 1 nitrogen and oxygen atoms in total. The Hall–Kier alpha value is 0.734. The zero-order chi connectivity index (χ0) is 17.2. The van der Waals surface area contributed by atoms with Gasteiger partial charge in [0.05, 0.1) is 0 Å². The van der Waals surface area contributed by atoms with Crippen LogP contribution in [0.5, 0.6) is 0 Å². The number of thiocarbonyl (C=S) groups is 1. The Bertz CT molecular complexity index is 95.4. The molecule has 0 aromatic heterocycles. The van der Waals surface area contributed by atoms with E-state index in [0.717, 1.165) is 25.7 Å². The molecule has 21 heavy (non-hydrogen) atoms. The Morgan fingerprint density at radius 3 is 0.810 bits per heavy atom. The van der Waals surface area contributed by atoms with Crippen LogP contribution >= 0.6 is 24.8 Å². The van der Waals surface area contributed by atoms with Gasteiger partial charge in [-0.2, -0.15) is 25.7 Å². The molecule has 0 aromatic rings. The van der Waals surface area contributed by atoms with E-state index in [0.29, 0.717) is 0 Å². The molecule has 0 rings (SSSR count). The third-order valence-electron chi connectivity index (χ3n) is 1.41. The van der Waals surface area contributed by atoms with E-state index in [2.05, 4.69) is 80.2 Å². The predicted molar refractivity (Wildman–Crippen MR) is 107 cm³/mol. The third-order valence-corrected chi connectivity index (χ3v) is 1.41. The van der Waals surface area contributed by atoms with E-state index in [1.54, 1.807) is 0 Å². The van der Waals surface area contributed by atoms with Gasteiger partial charge >= 0.3 is 0 Å². The van der Waals surface area contributed by atoms with Crippen LogP contribution in [0.1, 0.15) is 79.1 Å². The average Bonchev–Trinajstić information content (AvgIpc) is 2.47. The second-order valence-electron chi connectivity index (χ2n) is 3.75. The summed E-state index contributed by atoms with van der Waals surface area (Å²) in [6.07, 6.45) is 9.11. The van der Waals surface area contributed by atoms with Crippen molar-refractivity contribution in [3.8, 4) is 0 Å². The number of thiol groups is 1. The van der Waals surface area contributed by atoms with Crippen molar-refractivity contribution >= 4 is 29.2 Å². The van der Waals surface area contributed by atoms with Gasteiger partial charge in [0.25, 0.3) is 0 Å². The van der Waals surface area contributed by atoms with Crippen LogP contribution in [0.15, 0.2) is 0 Å². The van der Waals surface area contributed by atoms with Gasteiger partial charge in [-0.1, -0.05) is 65.6 Å². The van der Waals surface area contributed by atoms with E-state index >= 15 is 0 Å². The predicted octanol–water partition coefficient (Wildman–Crippen LogP) is 6.64. The van der Waals surface area contributed by atoms with Gasteiger partial charge in [0.2, 0.25) is 0 Å². The molecule has 0 radical (unpaired) electrons. The van der Waals surface area contributed by atoms with Crippen LogP contribution in [-0.2, 0) is 16.5 Å². The van der Waals surface area contributed by atoms with Crippen LogP contribution in [0.4, 0.5) is 0 Å². The summed E-state index contributed by atoms with van der Waals surface area (Å²) < 4.78 is 0.194. The fraction of sp³-hybridized carbons (Fsp3) is 0.706. The zero-order valence-corrected chi connectivity index (χ0v) is 17.4. The fourth-order valence-electron chi connectivity index (χ4n) is 0. The minimum absolute atomic E-state index is 0. The molecule has 2 N–H and O–H groups in total. The molecule has 4 heteroatoms. The van der Waals surface area contributed by atoms with Gasteiger partial charge in [0.15, 0.2) is 0 Å². The van der Waals surface area contributed by atoms with Gasteiger partial charge in [-0.05, 0) is 0 Å². The molecule has 0 saturated heterocycles. The van der Waals surface area contributed by atoms with Gasteiger partial charge in [0, 0.05) is 16.5 Å². The molecule has 0 amide bonds. The molecule has 0 saturated carbocycles. The normalized spacial score (nSPS) is 6.90. The van der Waals surface area contributed by atoms with Crippen molar-refractivity contribution in [3.63, 3.8) is 0 Å². The van der Waals surface area contributed by atoms with Crippen LogP contribution in [0.2, 0.25) is 0 Å². The van der Waals surface area contributed by atoms with Crippen molar-refractivity contribution in [1.82, 2.24) is 0 Å². The first-order valence-electron chi connectivity index (χ1n) is 7.54. The van der Waals surface area contributed by atoms with Gasteiger partial charge in [-0.25, -0.2) is 0 Å². The smallest absolute Gasteiger partial charge is 0.128 e. The fourth-order valence-corrected chi connectivity index (χ4v) is 0. The second kappa shape index (κ2) is 58.6. The quantitative estimate of drug-likeness (QED) is 0.247. The Morgan fingerprint density at radius 1 is 0.762 bits per heavy atom. The van der Waals surface area contributed by atoms with Crippen molar-refractivity contribution in [2.75, 3.05) is 0 Å². The summed E-state index contributed by atoms with van der Waals surface area (Å²) in [6, 6.07) is 0. The molecule has 0 heterocycles. The standard InChI is InChI=1S/4C4H9.CH3NS2.Ni/c4*1-3-4-2;2-1(3)4;/h4*1,3-4H2,2H3;(H3,2,3,4);/q4*-1;;. The molecule has 138 valence electrons. The van der Waals surface area contributed by atoms with Crippen molar-refractivity contribution in [1.29, 1.82) is 0 Å². The summed E-state index contributed by atoms with van der Waals surface area (Å²) in [6.45, 7) is 22.9. The Morgan fingerprint density at radius 2 is 0.810 bits per heavy atom. The van der Waals surface area contributed by atoms with E-state index in [9.17, 15) is 0 Å². The summed E-state index contributed by atoms with van der Waals surface area (Å²) in [5.74, 6) is 0. The van der Waals surface area contributed by atoms with Crippen molar-refractivity contribution in [2.45, 2.75) is 79.1 Å². The first kappa shape index (κ1) is 37.7. The molecule has 0 spiro atoms. The van der Waals surface area contributed by atoms with Crippen LogP contribution in [0, 0.1) is 27.7 Å². The van der Waals surface area contributed by atoms with Gasteiger partial charge in [-0.15, -0.1) is 12.6 Å². The minimum atomic E-state index is 0.